The van der Waals surface area contributed by atoms with E-state index in [2.05, 4.69) is 9.97 Å². The second-order valence-corrected chi connectivity index (χ2v) is 2.62. The zero-order valence-corrected chi connectivity index (χ0v) is 7.14. The molecule has 0 saturated heterocycles. The van der Waals surface area contributed by atoms with Gasteiger partial charge in [-0.1, -0.05) is 0 Å². The van der Waals surface area contributed by atoms with Crippen molar-refractivity contribution in [3.05, 3.63) is 30.2 Å². The summed E-state index contributed by atoms with van der Waals surface area (Å²) in [5.74, 6) is 0.798. The summed E-state index contributed by atoms with van der Waals surface area (Å²) in [7, 11) is 0. The first-order valence-electron chi connectivity index (χ1n) is 3.87. The minimum Gasteiger partial charge on any atom is -0.431 e. The predicted molar refractivity (Wildman–Crippen MR) is 44.3 cm³/mol. The molecule has 0 amide bonds. The van der Waals surface area contributed by atoms with Crippen molar-refractivity contribution < 1.29 is 9.52 Å². The molecule has 0 atom stereocenters. The van der Waals surface area contributed by atoms with Crippen molar-refractivity contribution >= 4 is 0 Å². The third-order valence-corrected chi connectivity index (χ3v) is 1.73. The summed E-state index contributed by atoms with van der Waals surface area (Å²) in [6.07, 6.45) is 4.84. The average Bonchev–Trinajstić information content (AvgIpc) is 2.71. The van der Waals surface area contributed by atoms with Gasteiger partial charge in [-0.3, -0.25) is 4.57 Å². The van der Waals surface area contributed by atoms with Gasteiger partial charge in [-0.05, 0) is 6.92 Å². The van der Waals surface area contributed by atoms with Crippen LogP contribution in [0.3, 0.4) is 0 Å². The fourth-order valence-corrected chi connectivity index (χ4v) is 1.06. The monoisotopic (exact) mass is 179 g/mol. The highest BCUT2D eigenvalue weighted by molar-refractivity contribution is 5.13. The molecular formula is C8H9N3O2. The van der Waals surface area contributed by atoms with Gasteiger partial charge in [0.05, 0.1) is 6.61 Å². The molecule has 0 aliphatic rings. The Morgan fingerprint density at radius 1 is 1.62 bits per heavy atom. The van der Waals surface area contributed by atoms with E-state index in [0.29, 0.717) is 11.7 Å². The predicted octanol–water partition coefficient (Wildman–Crippen LogP) is 0.661. The van der Waals surface area contributed by atoms with Gasteiger partial charge < -0.3 is 9.52 Å². The molecular weight excluding hydrogens is 170 g/mol. The van der Waals surface area contributed by atoms with E-state index in [9.17, 15) is 0 Å². The Morgan fingerprint density at radius 3 is 3.00 bits per heavy atom. The Labute approximate surface area is 74.7 Å². The van der Waals surface area contributed by atoms with Gasteiger partial charge in [0.15, 0.2) is 0 Å². The first-order chi connectivity index (χ1) is 6.31. The van der Waals surface area contributed by atoms with Crippen LogP contribution < -0.4 is 0 Å². The number of aromatic nitrogens is 3. The van der Waals surface area contributed by atoms with Gasteiger partial charge in [-0.25, -0.2) is 4.98 Å². The number of aliphatic hydroxyl groups excluding tert-OH is 1. The van der Waals surface area contributed by atoms with Crippen molar-refractivity contribution in [2.45, 2.75) is 13.5 Å². The quantitative estimate of drug-likeness (QED) is 0.735. The molecule has 0 radical (unpaired) electrons. The normalized spacial score (nSPS) is 10.6. The van der Waals surface area contributed by atoms with E-state index in [-0.39, 0.29) is 6.61 Å². The lowest BCUT2D eigenvalue weighted by atomic mass is 10.5. The van der Waals surface area contributed by atoms with Gasteiger partial charge in [0, 0.05) is 12.4 Å². The van der Waals surface area contributed by atoms with Gasteiger partial charge in [-0.2, -0.15) is 4.98 Å². The molecule has 2 rings (SSSR count). The molecule has 13 heavy (non-hydrogen) atoms. The Balaban J connectivity index is 2.41. The Hall–Kier alpha value is -1.62. The van der Waals surface area contributed by atoms with Crippen molar-refractivity contribution in [1.82, 2.24) is 14.5 Å². The van der Waals surface area contributed by atoms with E-state index >= 15 is 0 Å². The molecule has 0 bridgehead atoms. The van der Waals surface area contributed by atoms with Gasteiger partial charge in [-0.15, -0.1) is 0 Å². The lowest BCUT2D eigenvalue weighted by molar-refractivity contribution is 0.276. The number of oxazole rings is 1. The maximum atomic E-state index is 8.77. The highest BCUT2D eigenvalue weighted by atomic mass is 16.4. The topological polar surface area (TPSA) is 64.1 Å². The van der Waals surface area contributed by atoms with Crippen LogP contribution in [0.15, 0.2) is 23.1 Å². The summed E-state index contributed by atoms with van der Waals surface area (Å²) in [5, 5.41) is 8.77. The van der Waals surface area contributed by atoms with Gasteiger partial charge in [0.2, 0.25) is 0 Å². The first kappa shape index (κ1) is 8.00. The molecule has 2 heterocycles. The molecule has 0 spiro atoms. The lowest BCUT2D eigenvalue weighted by Gasteiger charge is -1.95. The highest BCUT2D eigenvalue weighted by Gasteiger charge is 2.06. The number of nitrogens with zero attached hydrogens (tertiary/aromatic N) is 3. The van der Waals surface area contributed by atoms with Crippen molar-refractivity contribution in [2.24, 2.45) is 0 Å². The van der Waals surface area contributed by atoms with Crippen LogP contribution in [0.1, 0.15) is 11.5 Å². The SMILES string of the molecule is Cc1nccn1-c1nc(CO)co1. The number of aliphatic hydroxyl groups is 1. The molecule has 0 aliphatic carbocycles. The number of rotatable bonds is 2. The van der Waals surface area contributed by atoms with Crippen LogP contribution in [0, 0.1) is 6.92 Å². The maximum absolute atomic E-state index is 8.77. The molecule has 68 valence electrons. The number of hydrogen-bond acceptors (Lipinski definition) is 4. The van der Waals surface area contributed by atoms with Crippen molar-refractivity contribution in [3.8, 4) is 6.01 Å². The minimum atomic E-state index is -0.114. The van der Waals surface area contributed by atoms with E-state index in [1.54, 1.807) is 17.0 Å². The number of imidazole rings is 1. The van der Waals surface area contributed by atoms with Gasteiger partial charge in [0.1, 0.15) is 17.8 Å². The van der Waals surface area contributed by atoms with Crippen LogP contribution in [0.2, 0.25) is 0 Å². The zero-order valence-electron chi connectivity index (χ0n) is 7.14. The van der Waals surface area contributed by atoms with Crippen LogP contribution in [-0.4, -0.2) is 19.6 Å². The smallest absolute Gasteiger partial charge is 0.307 e. The second-order valence-electron chi connectivity index (χ2n) is 2.62. The number of aryl methyl sites for hydroxylation is 1. The van der Waals surface area contributed by atoms with E-state index < -0.39 is 0 Å². The standard InChI is InChI=1S/C8H9N3O2/c1-6-9-2-3-11(6)8-10-7(4-12)5-13-8/h2-3,5,12H,4H2,1H3. The van der Waals surface area contributed by atoms with Crippen LogP contribution in [-0.2, 0) is 6.61 Å². The number of hydrogen-bond donors (Lipinski definition) is 1. The summed E-state index contributed by atoms with van der Waals surface area (Å²) >= 11 is 0. The Morgan fingerprint density at radius 2 is 2.46 bits per heavy atom. The van der Waals surface area contributed by atoms with Crippen LogP contribution in [0.25, 0.3) is 6.01 Å². The minimum absolute atomic E-state index is 0.114. The molecule has 0 aliphatic heterocycles. The molecule has 5 nitrogen and oxygen atoms in total. The molecule has 0 fully saturated rings. The molecule has 2 aromatic heterocycles. The van der Waals surface area contributed by atoms with Crippen LogP contribution >= 0.6 is 0 Å². The summed E-state index contributed by atoms with van der Waals surface area (Å²) in [6, 6.07) is 0.430. The van der Waals surface area contributed by atoms with Crippen molar-refractivity contribution in [3.63, 3.8) is 0 Å². The summed E-state index contributed by atoms with van der Waals surface area (Å²) < 4.78 is 6.84. The molecule has 1 N–H and O–H groups in total. The molecule has 2 aromatic rings. The lowest BCUT2D eigenvalue weighted by Crippen LogP contribution is -1.96. The van der Waals surface area contributed by atoms with Gasteiger partial charge >= 0.3 is 6.01 Å². The molecule has 0 saturated carbocycles. The highest BCUT2D eigenvalue weighted by Crippen LogP contribution is 2.09. The summed E-state index contributed by atoms with van der Waals surface area (Å²) in [5.41, 5.74) is 0.517. The summed E-state index contributed by atoms with van der Waals surface area (Å²) in [4.78, 5) is 8.07. The maximum Gasteiger partial charge on any atom is 0.307 e. The first-order valence-corrected chi connectivity index (χ1v) is 3.87. The molecule has 0 unspecified atom stereocenters. The fraction of sp³-hybridized carbons (Fsp3) is 0.250. The molecule has 0 aromatic carbocycles. The van der Waals surface area contributed by atoms with E-state index in [1.165, 1.54) is 6.26 Å². The third kappa shape index (κ3) is 1.33. The van der Waals surface area contributed by atoms with Gasteiger partial charge in [0.25, 0.3) is 0 Å². The zero-order chi connectivity index (χ0) is 9.26. The fourth-order valence-electron chi connectivity index (χ4n) is 1.06. The van der Waals surface area contributed by atoms with Crippen molar-refractivity contribution in [1.29, 1.82) is 0 Å². The Kier molecular flexibility index (Phi) is 1.86. The third-order valence-electron chi connectivity index (χ3n) is 1.73. The van der Waals surface area contributed by atoms with E-state index in [0.717, 1.165) is 5.82 Å². The largest absolute Gasteiger partial charge is 0.431 e. The average molecular weight is 179 g/mol. The summed E-state index contributed by atoms with van der Waals surface area (Å²) in [6.45, 7) is 1.74. The van der Waals surface area contributed by atoms with Crippen LogP contribution in [0.4, 0.5) is 0 Å². The Bertz CT molecular complexity index is 405. The van der Waals surface area contributed by atoms with Crippen molar-refractivity contribution in [2.75, 3.05) is 0 Å². The second kappa shape index (κ2) is 3.02. The van der Waals surface area contributed by atoms with E-state index in [1.807, 2.05) is 6.92 Å². The molecule has 5 heteroatoms. The van der Waals surface area contributed by atoms with E-state index in [4.69, 9.17) is 9.52 Å². The van der Waals surface area contributed by atoms with Crippen LogP contribution in [0.5, 0.6) is 0 Å².